The molecule has 0 saturated heterocycles. The van der Waals surface area contributed by atoms with Crippen molar-refractivity contribution < 1.29 is 9.53 Å². The van der Waals surface area contributed by atoms with Crippen LogP contribution in [0.5, 0.6) is 5.75 Å². The fraction of sp³-hybridized carbons (Fsp3) is 0.190. The summed E-state index contributed by atoms with van der Waals surface area (Å²) in [7, 11) is 0. The molecule has 0 aliphatic carbocycles. The number of ether oxygens (including phenoxy) is 1. The van der Waals surface area contributed by atoms with Crippen LogP contribution in [0, 0.1) is 25.2 Å². The number of aryl methyl sites for hydroxylation is 2. The summed E-state index contributed by atoms with van der Waals surface area (Å²) in [4.78, 5) is 12.6. The lowest BCUT2D eigenvalue weighted by molar-refractivity contribution is -0.122. The van der Waals surface area contributed by atoms with E-state index in [9.17, 15) is 4.79 Å². The third kappa shape index (κ3) is 3.98. The van der Waals surface area contributed by atoms with Crippen molar-refractivity contribution in [3.8, 4) is 17.5 Å². The number of carbonyl (C=O) groups excluding carboxylic acids is 1. The van der Waals surface area contributed by atoms with E-state index in [2.05, 4.69) is 16.5 Å². The monoisotopic (exact) mass is 360 g/mol. The van der Waals surface area contributed by atoms with Crippen LogP contribution in [0.3, 0.4) is 0 Å². The van der Waals surface area contributed by atoms with Gasteiger partial charge in [0.25, 0.3) is 5.91 Å². The second kappa shape index (κ2) is 7.75. The number of anilines is 1. The van der Waals surface area contributed by atoms with Gasteiger partial charge in [0.2, 0.25) is 0 Å². The minimum Gasteiger partial charge on any atom is -0.480 e. The summed E-state index contributed by atoms with van der Waals surface area (Å²) in [6.07, 6.45) is -0.770. The Morgan fingerprint density at radius 3 is 2.59 bits per heavy atom. The van der Waals surface area contributed by atoms with Crippen LogP contribution in [0.25, 0.3) is 5.69 Å². The molecule has 0 bridgehead atoms. The first kappa shape index (κ1) is 18.2. The van der Waals surface area contributed by atoms with Crippen molar-refractivity contribution in [1.29, 1.82) is 5.26 Å². The first-order valence-corrected chi connectivity index (χ1v) is 8.59. The average Bonchev–Trinajstić information content (AvgIpc) is 3.00. The van der Waals surface area contributed by atoms with Gasteiger partial charge in [0.15, 0.2) is 6.10 Å². The van der Waals surface area contributed by atoms with E-state index in [1.807, 2.05) is 44.2 Å². The molecule has 0 aliphatic rings. The van der Waals surface area contributed by atoms with Gasteiger partial charge in [-0.1, -0.05) is 24.3 Å². The SMILES string of the molecule is Cc1cc(C)n(-c2ccccc2NC(=O)C(C)Oc2ccccc2C#N)n1. The second-order valence-corrected chi connectivity index (χ2v) is 6.21. The average molecular weight is 360 g/mol. The lowest BCUT2D eigenvalue weighted by atomic mass is 10.2. The maximum absolute atomic E-state index is 12.6. The minimum atomic E-state index is -0.770. The largest absolute Gasteiger partial charge is 0.480 e. The minimum absolute atomic E-state index is 0.309. The van der Waals surface area contributed by atoms with Gasteiger partial charge in [-0.05, 0) is 51.1 Å². The molecule has 0 fully saturated rings. The topological polar surface area (TPSA) is 79.9 Å². The van der Waals surface area contributed by atoms with Gasteiger partial charge < -0.3 is 10.1 Å². The smallest absolute Gasteiger partial charge is 0.265 e. The first-order valence-electron chi connectivity index (χ1n) is 8.59. The van der Waals surface area contributed by atoms with Crippen molar-refractivity contribution in [2.45, 2.75) is 26.9 Å². The van der Waals surface area contributed by atoms with E-state index < -0.39 is 6.10 Å². The third-order valence-corrected chi connectivity index (χ3v) is 4.08. The van der Waals surface area contributed by atoms with Gasteiger partial charge in [-0.25, -0.2) is 4.68 Å². The molecule has 1 aromatic heterocycles. The van der Waals surface area contributed by atoms with Gasteiger partial charge >= 0.3 is 0 Å². The van der Waals surface area contributed by atoms with Crippen LogP contribution in [0.4, 0.5) is 5.69 Å². The van der Waals surface area contributed by atoms with E-state index in [0.29, 0.717) is 17.0 Å². The van der Waals surface area contributed by atoms with Crippen molar-refractivity contribution in [2.24, 2.45) is 0 Å². The van der Waals surface area contributed by atoms with Gasteiger partial charge in [-0.3, -0.25) is 4.79 Å². The zero-order valence-electron chi connectivity index (χ0n) is 15.4. The van der Waals surface area contributed by atoms with Crippen LogP contribution in [0.15, 0.2) is 54.6 Å². The Bertz CT molecular complexity index is 1020. The van der Waals surface area contributed by atoms with E-state index in [4.69, 9.17) is 10.00 Å². The summed E-state index contributed by atoms with van der Waals surface area (Å²) in [6, 6.07) is 18.3. The first-order chi connectivity index (χ1) is 13.0. The Morgan fingerprint density at radius 1 is 1.19 bits per heavy atom. The van der Waals surface area contributed by atoms with Crippen LogP contribution >= 0.6 is 0 Å². The molecule has 1 atom stereocenters. The number of nitrogens with zero attached hydrogens (tertiary/aromatic N) is 3. The molecule has 1 N–H and O–H groups in total. The van der Waals surface area contributed by atoms with Gasteiger partial charge in [-0.15, -0.1) is 0 Å². The number of amides is 1. The molecule has 0 radical (unpaired) electrons. The summed E-state index contributed by atoms with van der Waals surface area (Å²) in [5.41, 5.74) is 3.68. The van der Waals surface area contributed by atoms with Gasteiger partial charge in [0.05, 0.1) is 22.6 Å². The molecule has 1 amide bonds. The summed E-state index contributed by atoms with van der Waals surface area (Å²) in [6.45, 7) is 5.53. The van der Waals surface area contributed by atoms with Gasteiger partial charge in [0.1, 0.15) is 11.8 Å². The lowest BCUT2D eigenvalue weighted by Crippen LogP contribution is -2.30. The normalized spacial score (nSPS) is 11.5. The number of hydrogen-bond donors (Lipinski definition) is 1. The molecular weight excluding hydrogens is 340 g/mol. The molecule has 0 aliphatic heterocycles. The molecule has 1 unspecified atom stereocenters. The highest BCUT2D eigenvalue weighted by molar-refractivity contribution is 5.95. The predicted octanol–water partition coefficient (Wildman–Crippen LogP) is 3.77. The van der Waals surface area contributed by atoms with Crippen LogP contribution in [0.1, 0.15) is 23.9 Å². The summed E-state index contributed by atoms with van der Waals surface area (Å²) >= 11 is 0. The molecular formula is C21H20N4O2. The standard InChI is InChI=1S/C21H20N4O2/c1-14-12-15(2)25(24-14)19-10-6-5-9-18(19)23-21(26)16(3)27-20-11-7-4-8-17(20)13-22/h4-12,16H,1-3H3,(H,23,26). The van der Waals surface area contributed by atoms with Crippen molar-refractivity contribution in [3.05, 3.63) is 71.5 Å². The number of para-hydroxylation sites is 3. The molecule has 136 valence electrons. The van der Waals surface area contributed by atoms with E-state index in [1.165, 1.54) is 0 Å². The van der Waals surface area contributed by atoms with Gasteiger partial charge in [-0.2, -0.15) is 10.4 Å². The fourth-order valence-corrected chi connectivity index (χ4v) is 2.78. The van der Waals surface area contributed by atoms with E-state index >= 15 is 0 Å². The van der Waals surface area contributed by atoms with Crippen LogP contribution < -0.4 is 10.1 Å². The molecule has 0 spiro atoms. The summed E-state index contributed by atoms with van der Waals surface area (Å²) in [5, 5.41) is 16.5. The number of nitrogens with one attached hydrogen (secondary N) is 1. The molecule has 3 rings (SSSR count). The highest BCUT2D eigenvalue weighted by Crippen LogP contribution is 2.23. The van der Waals surface area contributed by atoms with Crippen LogP contribution in [-0.4, -0.2) is 21.8 Å². The van der Waals surface area contributed by atoms with Crippen molar-refractivity contribution in [3.63, 3.8) is 0 Å². The Labute approximate surface area is 158 Å². The molecule has 6 nitrogen and oxygen atoms in total. The Kier molecular flexibility index (Phi) is 5.23. The summed E-state index contributed by atoms with van der Waals surface area (Å²) < 4.78 is 7.48. The third-order valence-electron chi connectivity index (χ3n) is 4.08. The van der Waals surface area contributed by atoms with E-state index in [-0.39, 0.29) is 5.91 Å². The van der Waals surface area contributed by atoms with Gasteiger partial charge in [0, 0.05) is 5.69 Å². The van der Waals surface area contributed by atoms with Crippen LogP contribution in [-0.2, 0) is 4.79 Å². The number of nitriles is 1. The van der Waals surface area contributed by atoms with E-state index in [0.717, 1.165) is 17.1 Å². The van der Waals surface area contributed by atoms with Crippen molar-refractivity contribution in [1.82, 2.24) is 9.78 Å². The highest BCUT2D eigenvalue weighted by atomic mass is 16.5. The van der Waals surface area contributed by atoms with Crippen molar-refractivity contribution in [2.75, 3.05) is 5.32 Å². The maximum Gasteiger partial charge on any atom is 0.265 e. The maximum atomic E-state index is 12.6. The molecule has 6 heteroatoms. The van der Waals surface area contributed by atoms with E-state index in [1.54, 1.807) is 35.9 Å². The number of hydrogen-bond acceptors (Lipinski definition) is 4. The number of carbonyl (C=O) groups is 1. The quantitative estimate of drug-likeness (QED) is 0.751. The lowest BCUT2D eigenvalue weighted by Gasteiger charge is -2.17. The van der Waals surface area contributed by atoms with Crippen LogP contribution in [0.2, 0.25) is 0 Å². The molecule has 0 saturated carbocycles. The highest BCUT2D eigenvalue weighted by Gasteiger charge is 2.18. The number of rotatable bonds is 5. The zero-order valence-corrected chi connectivity index (χ0v) is 15.4. The summed E-state index contributed by atoms with van der Waals surface area (Å²) in [5.74, 6) is 0.0752. The molecule has 2 aromatic carbocycles. The Hall–Kier alpha value is -3.59. The Balaban J connectivity index is 1.80. The zero-order chi connectivity index (χ0) is 19.4. The molecule has 3 aromatic rings. The number of aromatic nitrogens is 2. The van der Waals surface area contributed by atoms with Crippen molar-refractivity contribution >= 4 is 11.6 Å². The number of benzene rings is 2. The molecule has 27 heavy (non-hydrogen) atoms. The Morgan fingerprint density at radius 2 is 1.89 bits per heavy atom. The second-order valence-electron chi connectivity index (χ2n) is 6.21. The fourth-order valence-electron chi connectivity index (χ4n) is 2.78. The molecule has 1 heterocycles. The predicted molar refractivity (Wildman–Crippen MR) is 103 cm³/mol.